The van der Waals surface area contributed by atoms with Crippen LogP contribution in [0, 0.1) is 19.3 Å². The van der Waals surface area contributed by atoms with Crippen LogP contribution >= 0.6 is 0 Å². The summed E-state index contributed by atoms with van der Waals surface area (Å²) in [6, 6.07) is 15.9. The standard InChI is InChI=1S/C15H17N3.C2H4O/c1-11-7-3-5-9-13(11)18(15(16)17)14-10-6-4-8-12(14)2;1-2-3/h3-10H,1-2H3,(H3,16,17);2H,1H3. The summed E-state index contributed by atoms with van der Waals surface area (Å²) in [6.45, 7) is 5.48. The summed E-state index contributed by atoms with van der Waals surface area (Å²) < 4.78 is 0. The van der Waals surface area contributed by atoms with Crippen molar-refractivity contribution in [3.05, 3.63) is 59.7 Å². The predicted molar refractivity (Wildman–Crippen MR) is 88.1 cm³/mol. The van der Waals surface area contributed by atoms with Crippen LogP contribution in [-0.2, 0) is 4.79 Å². The molecule has 21 heavy (non-hydrogen) atoms. The number of hydrogen-bond donors (Lipinski definition) is 2. The fraction of sp³-hybridized carbons (Fsp3) is 0.176. The van der Waals surface area contributed by atoms with Gasteiger partial charge in [-0.25, -0.2) is 0 Å². The Hall–Kier alpha value is -2.62. The van der Waals surface area contributed by atoms with Crippen LogP contribution in [0.25, 0.3) is 0 Å². The molecule has 0 aliphatic rings. The van der Waals surface area contributed by atoms with Gasteiger partial charge in [0, 0.05) is 0 Å². The lowest BCUT2D eigenvalue weighted by Crippen LogP contribution is -2.33. The average molecular weight is 283 g/mol. The molecule has 4 nitrogen and oxygen atoms in total. The van der Waals surface area contributed by atoms with Crippen molar-refractivity contribution in [1.29, 1.82) is 5.41 Å². The molecule has 2 aromatic carbocycles. The normalized spacial score (nSPS) is 9.29. The molecule has 0 heterocycles. The van der Waals surface area contributed by atoms with Gasteiger partial charge in [0.25, 0.3) is 0 Å². The Labute approximate surface area is 125 Å². The van der Waals surface area contributed by atoms with Crippen molar-refractivity contribution in [2.45, 2.75) is 20.8 Å². The summed E-state index contributed by atoms with van der Waals surface area (Å²) in [5.41, 5.74) is 9.82. The van der Waals surface area contributed by atoms with Crippen LogP contribution in [0.15, 0.2) is 48.5 Å². The van der Waals surface area contributed by atoms with Gasteiger partial charge in [-0.2, -0.15) is 0 Å². The van der Waals surface area contributed by atoms with Crippen LogP contribution in [0.4, 0.5) is 11.4 Å². The van der Waals surface area contributed by atoms with Crippen molar-refractivity contribution < 1.29 is 4.79 Å². The first-order valence-corrected chi connectivity index (χ1v) is 6.68. The third-order valence-electron chi connectivity index (χ3n) is 2.95. The number of para-hydroxylation sites is 2. The first-order valence-electron chi connectivity index (χ1n) is 6.68. The van der Waals surface area contributed by atoms with Crippen LogP contribution in [0.3, 0.4) is 0 Å². The van der Waals surface area contributed by atoms with Gasteiger partial charge in [0.1, 0.15) is 6.29 Å². The van der Waals surface area contributed by atoms with E-state index in [4.69, 9.17) is 15.9 Å². The Kier molecular flexibility index (Phi) is 6.14. The summed E-state index contributed by atoms with van der Waals surface area (Å²) in [5, 5.41) is 7.82. The molecule has 4 heteroatoms. The number of nitrogens with one attached hydrogen (secondary N) is 1. The van der Waals surface area contributed by atoms with Crippen LogP contribution in [-0.4, -0.2) is 12.2 Å². The number of benzene rings is 2. The monoisotopic (exact) mass is 283 g/mol. The highest BCUT2D eigenvalue weighted by Crippen LogP contribution is 2.29. The molecule has 0 atom stereocenters. The molecule has 0 bridgehead atoms. The molecule has 2 rings (SSSR count). The number of anilines is 2. The average Bonchev–Trinajstić information content (AvgIpc) is 2.44. The van der Waals surface area contributed by atoms with E-state index in [-0.39, 0.29) is 5.96 Å². The van der Waals surface area contributed by atoms with Crippen molar-refractivity contribution in [3.8, 4) is 0 Å². The Morgan fingerprint density at radius 1 is 1.00 bits per heavy atom. The molecule has 0 aliphatic carbocycles. The van der Waals surface area contributed by atoms with E-state index in [0.29, 0.717) is 0 Å². The first-order chi connectivity index (χ1) is 10.0. The van der Waals surface area contributed by atoms with Gasteiger partial charge in [-0.05, 0) is 44.0 Å². The Bertz CT molecular complexity index is 577. The summed E-state index contributed by atoms with van der Waals surface area (Å²) in [7, 11) is 0. The van der Waals surface area contributed by atoms with Gasteiger partial charge in [-0.15, -0.1) is 0 Å². The maximum absolute atomic E-state index is 8.81. The van der Waals surface area contributed by atoms with Gasteiger partial charge in [-0.1, -0.05) is 36.4 Å². The SMILES string of the molecule is CC=O.Cc1ccccc1N(C(=N)N)c1ccccc1C. The highest BCUT2D eigenvalue weighted by atomic mass is 16.1. The first kappa shape index (κ1) is 16.4. The van der Waals surface area contributed by atoms with Crippen LogP contribution in [0.2, 0.25) is 0 Å². The second-order valence-electron chi connectivity index (χ2n) is 4.53. The molecule has 0 spiro atoms. The van der Waals surface area contributed by atoms with Crippen LogP contribution in [0.1, 0.15) is 18.1 Å². The van der Waals surface area contributed by atoms with E-state index in [2.05, 4.69) is 0 Å². The molecular formula is C17H21N3O. The number of aryl methyl sites for hydroxylation is 2. The number of carbonyl (C=O) groups is 1. The topological polar surface area (TPSA) is 70.2 Å². The number of aldehydes is 1. The maximum Gasteiger partial charge on any atom is 0.197 e. The Balaban J connectivity index is 0.000000677. The zero-order valence-electron chi connectivity index (χ0n) is 12.6. The molecule has 0 amide bonds. The van der Waals surface area contributed by atoms with Gasteiger partial charge >= 0.3 is 0 Å². The van der Waals surface area contributed by atoms with E-state index >= 15 is 0 Å². The molecule has 110 valence electrons. The van der Waals surface area contributed by atoms with E-state index in [1.807, 2.05) is 62.4 Å². The summed E-state index contributed by atoms with van der Waals surface area (Å²) in [6.07, 6.45) is 0.750. The number of hydrogen-bond acceptors (Lipinski definition) is 2. The van der Waals surface area contributed by atoms with Gasteiger partial charge in [0.05, 0.1) is 11.4 Å². The number of guanidine groups is 1. The third kappa shape index (κ3) is 4.18. The molecule has 0 saturated carbocycles. The highest BCUT2D eigenvalue weighted by molar-refractivity contribution is 6.01. The summed E-state index contributed by atoms with van der Waals surface area (Å²) >= 11 is 0. The predicted octanol–water partition coefficient (Wildman–Crippen LogP) is 3.54. The van der Waals surface area contributed by atoms with Crippen molar-refractivity contribution in [1.82, 2.24) is 0 Å². The molecule has 0 aliphatic heterocycles. The maximum atomic E-state index is 8.81. The number of nitrogens with zero attached hydrogens (tertiary/aromatic N) is 1. The molecule has 0 saturated heterocycles. The zero-order chi connectivity index (χ0) is 15.8. The molecule has 0 aromatic heterocycles. The number of nitrogens with two attached hydrogens (primary N) is 1. The molecule has 0 fully saturated rings. The van der Waals surface area contributed by atoms with Gasteiger partial charge < -0.3 is 10.5 Å². The summed E-state index contributed by atoms with van der Waals surface area (Å²) in [5.74, 6) is 0.0265. The van der Waals surface area contributed by atoms with Crippen LogP contribution < -0.4 is 10.6 Å². The third-order valence-corrected chi connectivity index (χ3v) is 2.95. The minimum atomic E-state index is 0.0265. The molecule has 0 unspecified atom stereocenters. The Morgan fingerprint density at radius 2 is 1.33 bits per heavy atom. The van der Waals surface area contributed by atoms with Gasteiger partial charge in [0.2, 0.25) is 0 Å². The van der Waals surface area contributed by atoms with Crippen molar-refractivity contribution >= 4 is 23.6 Å². The minimum Gasteiger partial charge on any atom is -0.369 e. The van der Waals surface area contributed by atoms with Gasteiger partial charge in [0.15, 0.2) is 5.96 Å². The second-order valence-corrected chi connectivity index (χ2v) is 4.53. The highest BCUT2D eigenvalue weighted by Gasteiger charge is 2.15. The number of rotatable bonds is 2. The molecular weight excluding hydrogens is 262 g/mol. The van der Waals surface area contributed by atoms with E-state index in [1.54, 1.807) is 4.90 Å². The van der Waals surface area contributed by atoms with Crippen molar-refractivity contribution in [2.24, 2.45) is 5.73 Å². The quantitative estimate of drug-likeness (QED) is 0.503. The van der Waals surface area contributed by atoms with E-state index in [1.165, 1.54) is 6.92 Å². The zero-order valence-corrected chi connectivity index (χ0v) is 12.6. The molecule has 2 aromatic rings. The minimum absolute atomic E-state index is 0.0265. The molecule has 0 radical (unpaired) electrons. The van der Waals surface area contributed by atoms with E-state index in [9.17, 15) is 0 Å². The lowest BCUT2D eigenvalue weighted by molar-refractivity contribution is -0.106. The van der Waals surface area contributed by atoms with Crippen molar-refractivity contribution in [3.63, 3.8) is 0 Å². The van der Waals surface area contributed by atoms with E-state index < -0.39 is 0 Å². The fourth-order valence-electron chi connectivity index (χ4n) is 2.02. The lowest BCUT2D eigenvalue weighted by atomic mass is 10.1. The smallest absolute Gasteiger partial charge is 0.197 e. The largest absolute Gasteiger partial charge is 0.369 e. The van der Waals surface area contributed by atoms with Gasteiger partial charge in [-0.3, -0.25) is 10.3 Å². The second kappa shape index (κ2) is 7.85. The fourth-order valence-corrected chi connectivity index (χ4v) is 2.02. The van der Waals surface area contributed by atoms with Crippen LogP contribution in [0.5, 0.6) is 0 Å². The Morgan fingerprint density at radius 3 is 1.62 bits per heavy atom. The number of carbonyl (C=O) groups excluding carboxylic acids is 1. The van der Waals surface area contributed by atoms with Crippen molar-refractivity contribution in [2.75, 3.05) is 4.90 Å². The van der Waals surface area contributed by atoms with E-state index in [0.717, 1.165) is 28.8 Å². The lowest BCUT2D eigenvalue weighted by Gasteiger charge is -2.26. The molecule has 3 N–H and O–H groups in total. The summed E-state index contributed by atoms with van der Waals surface area (Å²) in [4.78, 5) is 10.6.